The number of benzene rings is 1. The maximum atomic E-state index is 10.9. The van der Waals surface area contributed by atoms with Crippen molar-refractivity contribution in [1.82, 2.24) is 9.13 Å². The van der Waals surface area contributed by atoms with Gasteiger partial charge in [0.15, 0.2) is 0 Å². The summed E-state index contributed by atoms with van der Waals surface area (Å²) in [6.07, 6.45) is 5.99. The number of nitrogens with zero attached hydrogens (tertiary/aromatic N) is 2. The van der Waals surface area contributed by atoms with Crippen molar-refractivity contribution in [3.63, 3.8) is 0 Å². The molecule has 0 fully saturated rings. The molecule has 0 saturated carbocycles. The van der Waals surface area contributed by atoms with Crippen LogP contribution in [-0.4, -0.2) is 21.8 Å². The molecule has 1 aromatic carbocycles. The van der Waals surface area contributed by atoms with Crippen molar-refractivity contribution >= 4 is 29.3 Å². The SMILES string of the molecule is CCc1cn(-c2cccn2CCOC(N)=O)c(CC)c1Cc1cc(Cl)cc(Cl)c1. The quantitative estimate of drug-likeness (QED) is 0.516. The minimum Gasteiger partial charge on any atom is -0.448 e. The number of halogens is 2. The van der Waals surface area contributed by atoms with Crippen molar-refractivity contribution in [2.75, 3.05) is 6.61 Å². The molecule has 154 valence electrons. The van der Waals surface area contributed by atoms with Gasteiger partial charge in [0.2, 0.25) is 0 Å². The van der Waals surface area contributed by atoms with Gasteiger partial charge in [-0.25, -0.2) is 4.79 Å². The molecular formula is C22H25Cl2N3O2. The lowest BCUT2D eigenvalue weighted by atomic mass is 9.99. The Balaban J connectivity index is 1.97. The van der Waals surface area contributed by atoms with Crippen LogP contribution in [0.3, 0.4) is 0 Å². The summed E-state index contributed by atoms with van der Waals surface area (Å²) in [6.45, 7) is 5.08. The maximum absolute atomic E-state index is 10.9. The highest BCUT2D eigenvalue weighted by Crippen LogP contribution is 2.28. The summed E-state index contributed by atoms with van der Waals surface area (Å²) in [5.74, 6) is 1.03. The van der Waals surface area contributed by atoms with Gasteiger partial charge in [0.1, 0.15) is 12.4 Å². The zero-order valence-corrected chi connectivity index (χ0v) is 18.1. The number of hydrogen-bond acceptors (Lipinski definition) is 2. The summed E-state index contributed by atoms with van der Waals surface area (Å²) in [4.78, 5) is 10.9. The predicted molar refractivity (Wildman–Crippen MR) is 117 cm³/mol. The lowest BCUT2D eigenvalue weighted by molar-refractivity contribution is 0.152. The molecule has 5 nitrogen and oxygen atoms in total. The number of nitrogens with two attached hydrogens (primary N) is 1. The molecule has 7 heteroatoms. The first-order valence-electron chi connectivity index (χ1n) is 9.67. The highest BCUT2D eigenvalue weighted by atomic mass is 35.5. The number of amides is 1. The molecule has 0 bridgehead atoms. The number of aromatic nitrogens is 2. The van der Waals surface area contributed by atoms with E-state index in [0.717, 1.165) is 30.6 Å². The van der Waals surface area contributed by atoms with Gasteiger partial charge in [-0.05, 0) is 66.3 Å². The van der Waals surface area contributed by atoms with Crippen molar-refractivity contribution in [2.45, 2.75) is 39.7 Å². The molecule has 2 heterocycles. The van der Waals surface area contributed by atoms with E-state index in [1.54, 1.807) is 6.07 Å². The lowest BCUT2D eigenvalue weighted by Gasteiger charge is -2.14. The first-order valence-corrected chi connectivity index (χ1v) is 10.4. The first-order chi connectivity index (χ1) is 13.9. The molecule has 0 unspecified atom stereocenters. The normalized spacial score (nSPS) is 11.0. The second-order valence-corrected chi connectivity index (χ2v) is 7.71. The molecule has 0 aliphatic heterocycles. The number of aryl methyl sites for hydroxylation is 1. The summed E-state index contributed by atoms with van der Waals surface area (Å²) < 4.78 is 9.18. The van der Waals surface area contributed by atoms with Crippen LogP contribution in [0.25, 0.3) is 5.82 Å². The smallest absolute Gasteiger partial charge is 0.404 e. The van der Waals surface area contributed by atoms with Crippen LogP contribution >= 0.6 is 23.2 Å². The Morgan fingerprint density at radius 2 is 1.86 bits per heavy atom. The van der Waals surface area contributed by atoms with E-state index in [1.807, 2.05) is 24.4 Å². The number of ether oxygens (including phenoxy) is 1. The van der Waals surface area contributed by atoms with Crippen molar-refractivity contribution in [3.8, 4) is 5.82 Å². The molecule has 0 aliphatic carbocycles. The van der Waals surface area contributed by atoms with Crippen LogP contribution in [0.4, 0.5) is 4.79 Å². The molecule has 3 rings (SSSR count). The molecule has 0 radical (unpaired) electrons. The third-order valence-electron chi connectivity index (χ3n) is 4.96. The summed E-state index contributed by atoms with van der Waals surface area (Å²) in [7, 11) is 0. The van der Waals surface area contributed by atoms with Gasteiger partial charge < -0.3 is 19.6 Å². The van der Waals surface area contributed by atoms with Gasteiger partial charge in [-0.3, -0.25) is 0 Å². The van der Waals surface area contributed by atoms with E-state index in [-0.39, 0.29) is 6.61 Å². The van der Waals surface area contributed by atoms with E-state index in [2.05, 4.69) is 35.2 Å². The second-order valence-electron chi connectivity index (χ2n) is 6.84. The monoisotopic (exact) mass is 433 g/mol. The zero-order chi connectivity index (χ0) is 21.0. The molecule has 29 heavy (non-hydrogen) atoms. The van der Waals surface area contributed by atoms with Gasteiger partial charge in [-0.15, -0.1) is 0 Å². The van der Waals surface area contributed by atoms with Crippen LogP contribution in [0.2, 0.25) is 10.0 Å². The number of carbonyl (C=O) groups excluding carboxylic acids is 1. The minimum absolute atomic E-state index is 0.230. The van der Waals surface area contributed by atoms with Gasteiger partial charge in [0.25, 0.3) is 0 Å². The average Bonchev–Trinajstić information content (AvgIpc) is 3.24. The fourth-order valence-corrected chi connectivity index (χ4v) is 4.30. The van der Waals surface area contributed by atoms with E-state index in [4.69, 9.17) is 33.7 Å². The predicted octanol–water partition coefficient (Wildman–Crippen LogP) is 5.40. The number of primary amides is 1. The van der Waals surface area contributed by atoms with E-state index in [0.29, 0.717) is 16.6 Å². The Hall–Kier alpha value is -2.37. The fourth-order valence-electron chi connectivity index (χ4n) is 3.73. The highest BCUT2D eigenvalue weighted by Gasteiger charge is 2.17. The number of carbonyl (C=O) groups is 1. The highest BCUT2D eigenvalue weighted by molar-refractivity contribution is 6.34. The summed E-state index contributed by atoms with van der Waals surface area (Å²) in [5, 5.41) is 1.29. The molecule has 1 amide bonds. The Labute approximate surface area is 181 Å². The fraction of sp³-hybridized carbons (Fsp3) is 0.318. The standard InChI is InChI=1S/C22H25Cl2N3O2/c1-3-16-14-27(21-6-5-7-26(21)8-9-29-22(25)28)20(4-2)19(16)12-15-10-17(23)13-18(24)11-15/h5-7,10-11,13-14H,3-4,8-9,12H2,1-2H3,(H2,25,28). The summed E-state index contributed by atoms with van der Waals surface area (Å²) in [6, 6.07) is 9.73. The summed E-state index contributed by atoms with van der Waals surface area (Å²) in [5.41, 5.74) is 10.00. The second kappa shape index (κ2) is 9.42. The maximum Gasteiger partial charge on any atom is 0.404 e. The van der Waals surface area contributed by atoms with Crippen LogP contribution in [0.5, 0.6) is 0 Å². The lowest BCUT2D eigenvalue weighted by Crippen LogP contribution is -2.17. The van der Waals surface area contributed by atoms with E-state index >= 15 is 0 Å². The Bertz CT molecular complexity index is 987. The molecule has 0 saturated heterocycles. The molecule has 2 N–H and O–H groups in total. The van der Waals surface area contributed by atoms with Crippen molar-refractivity contribution in [2.24, 2.45) is 5.73 Å². The average molecular weight is 434 g/mol. The van der Waals surface area contributed by atoms with Crippen molar-refractivity contribution in [3.05, 3.63) is 75.2 Å². The molecule has 2 aromatic heterocycles. The Kier molecular flexibility index (Phi) is 6.93. The Morgan fingerprint density at radius 3 is 2.48 bits per heavy atom. The molecule has 0 aliphatic rings. The van der Waals surface area contributed by atoms with Crippen LogP contribution in [0, 0.1) is 0 Å². The largest absolute Gasteiger partial charge is 0.448 e. The third-order valence-corrected chi connectivity index (χ3v) is 5.40. The molecule has 3 aromatic rings. The van der Waals surface area contributed by atoms with E-state index in [9.17, 15) is 4.79 Å². The van der Waals surface area contributed by atoms with Gasteiger partial charge in [0, 0.05) is 28.1 Å². The van der Waals surface area contributed by atoms with E-state index in [1.165, 1.54) is 16.8 Å². The number of hydrogen-bond donors (Lipinski definition) is 1. The van der Waals surface area contributed by atoms with Crippen LogP contribution in [0.1, 0.15) is 36.2 Å². The number of rotatable bonds is 8. The van der Waals surface area contributed by atoms with Gasteiger partial charge in [-0.1, -0.05) is 37.0 Å². The molecular weight excluding hydrogens is 409 g/mol. The van der Waals surface area contributed by atoms with Gasteiger partial charge >= 0.3 is 6.09 Å². The topological polar surface area (TPSA) is 62.2 Å². The summed E-state index contributed by atoms with van der Waals surface area (Å²) >= 11 is 12.4. The molecule has 0 atom stereocenters. The van der Waals surface area contributed by atoms with Crippen LogP contribution < -0.4 is 5.73 Å². The van der Waals surface area contributed by atoms with Crippen molar-refractivity contribution < 1.29 is 9.53 Å². The van der Waals surface area contributed by atoms with Crippen molar-refractivity contribution in [1.29, 1.82) is 0 Å². The van der Waals surface area contributed by atoms with E-state index < -0.39 is 6.09 Å². The zero-order valence-electron chi connectivity index (χ0n) is 16.6. The van der Waals surface area contributed by atoms with Gasteiger partial charge in [0.05, 0.1) is 6.54 Å². The molecule has 0 spiro atoms. The van der Waals surface area contributed by atoms with Crippen LogP contribution in [-0.2, 0) is 30.5 Å². The van der Waals surface area contributed by atoms with Gasteiger partial charge in [-0.2, -0.15) is 0 Å². The first kappa shape index (κ1) is 21.3. The third kappa shape index (κ3) is 4.98. The Morgan fingerprint density at radius 1 is 1.14 bits per heavy atom. The minimum atomic E-state index is -0.760. The van der Waals surface area contributed by atoms with Crippen LogP contribution in [0.15, 0.2) is 42.7 Å².